The summed E-state index contributed by atoms with van der Waals surface area (Å²) in [4.78, 5) is 8.11. The number of hydrogen-bond donors (Lipinski definition) is 1. The maximum absolute atomic E-state index is 5.66. The minimum atomic E-state index is -1.37. The van der Waals surface area contributed by atoms with Crippen LogP contribution in [0.5, 0.6) is 0 Å². The van der Waals surface area contributed by atoms with Crippen molar-refractivity contribution in [3.8, 4) is 11.5 Å². The molecule has 5 heteroatoms. The van der Waals surface area contributed by atoms with E-state index in [-0.39, 0.29) is 0 Å². The quantitative estimate of drug-likeness (QED) is 0.580. The van der Waals surface area contributed by atoms with Gasteiger partial charge in [0.15, 0.2) is 11.5 Å². The van der Waals surface area contributed by atoms with Crippen molar-refractivity contribution >= 4 is 29.8 Å². The summed E-state index contributed by atoms with van der Waals surface area (Å²) in [6, 6.07) is 0. The van der Waals surface area contributed by atoms with Crippen molar-refractivity contribution < 1.29 is 0 Å². The first-order chi connectivity index (χ1) is 6.38. The Morgan fingerprint density at radius 3 is 2.57 bits per heavy atom. The van der Waals surface area contributed by atoms with Gasteiger partial charge in [-0.15, -0.1) is 5.54 Å². The predicted octanol–water partition coefficient (Wildman–Crippen LogP) is 2.05. The van der Waals surface area contributed by atoms with Crippen LogP contribution >= 0.6 is 15.9 Å². The van der Waals surface area contributed by atoms with Gasteiger partial charge in [0.2, 0.25) is 0 Å². The predicted molar refractivity (Wildman–Crippen MR) is 64.4 cm³/mol. The summed E-state index contributed by atoms with van der Waals surface area (Å²) < 4.78 is 0.633. The normalized spacial score (nSPS) is 10.6. The molecule has 0 aromatic carbocycles. The molecule has 0 aliphatic heterocycles. The molecule has 0 aliphatic rings. The van der Waals surface area contributed by atoms with E-state index in [1.165, 1.54) is 0 Å². The van der Waals surface area contributed by atoms with Crippen LogP contribution in [0, 0.1) is 11.5 Å². The lowest BCUT2D eigenvalue weighted by Gasteiger charge is -2.03. The Morgan fingerprint density at radius 2 is 2.07 bits per heavy atom. The minimum Gasteiger partial charge on any atom is -0.381 e. The standard InChI is InChI=1S/C9H12BrN3Si/c1-14(2,3)5-4-7-9(11)13-8(10)6-12-7/h6H,1-3H3,(H2,11,13). The first-order valence-electron chi connectivity index (χ1n) is 4.20. The van der Waals surface area contributed by atoms with Crippen LogP contribution in [0.25, 0.3) is 0 Å². The van der Waals surface area contributed by atoms with Crippen molar-refractivity contribution in [3.05, 3.63) is 16.5 Å². The van der Waals surface area contributed by atoms with Gasteiger partial charge in [0.25, 0.3) is 0 Å². The molecule has 0 radical (unpaired) electrons. The molecule has 0 saturated heterocycles. The molecule has 0 saturated carbocycles. The summed E-state index contributed by atoms with van der Waals surface area (Å²) in [5.74, 6) is 3.35. The summed E-state index contributed by atoms with van der Waals surface area (Å²) in [5, 5.41) is 0. The Labute approximate surface area is 93.3 Å². The monoisotopic (exact) mass is 269 g/mol. The van der Waals surface area contributed by atoms with Crippen molar-refractivity contribution in [1.29, 1.82) is 0 Å². The van der Waals surface area contributed by atoms with E-state index in [9.17, 15) is 0 Å². The van der Waals surface area contributed by atoms with Gasteiger partial charge in [-0.05, 0) is 15.9 Å². The van der Waals surface area contributed by atoms with E-state index in [0.29, 0.717) is 16.1 Å². The Kier molecular flexibility index (Phi) is 3.29. The number of anilines is 1. The fraction of sp³-hybridized carbons (Fsp3) is 0.333. The van der Waals surface area contributed by atoms with E-state index in [0.717, 1.165) is 0 Å². The summed E-state index contributed by atoms with van der Waals surface area (Å²) in [6.07, 6.45) is 1.60. The van der Waals surface area contributed by atoms with E-state index >= 15 is 0 Å². The molecule has 0 amide bonds. The molecular formula is C9H12BrN3Si. The molecule has 0 spiro atoms. The van der Waals surface area contributed by atoms with E-state index in [2.05, 4.69) is 57.0 Å². The largest absolute Gasteiger partial charge is 0.381 e. The van der Waals surface area contributed by atoms with Crippen LogP contribution in [-0.4, -0.2) is 18.0 Å². The first kappa shape index (κ1) is 11.2. The van der Waals surface area contributed by atoms with Gasteiger partial charge in [-0.2, -0.15) is 0 Å². The Bertz CT molecular complexity index is 401. The van der Waals surface area contributed by atoms with Crippen LogP contribution < -0.4 is 5.73 Å². The molecule has 74 valence electrons. The van der Waals surface area contributed by atoms with Gasteiger partial charge in [-0.1, -0.05) is 25.6 Å². The summed E-state index contributed by atoms with van der Waals surface area (Å²) in [6.45, 7) is 6.51. The Hall–Kier alpha value is -0.863. The molecule has 0 unspecified atom stereocenters. The number of aromatic nitrogens is 2. The number of nitrogen functional groups attached to an aromatic ring is 1. The molecule has 3 nitrogen and oxygen atoms in total. The summed E-state index contributed by atoms with van der Waals surface area (Å²) in [5.41, 5.74) is 9.41. The number of rotatable bonds is 0. The lowest BCUT2D eigenvalue weighted by Crippen LogP contribution is -2.16. The van der Waals surface area contributed by atoms with Gasteiger partial charge in [0, 0.05) is 0 Å². The first-order valence-corrected chi connectivity index (χ1v) is 8.49. The number of nitrogens with two attached hydrogens (primary N) is 1. The summed E-state index contributed by atoms with van der Waals surface area (Å²) >= 11 is 3.19. The van der Waals surface area contributed by atoms with Gasteiger partial charge >= 0.3 is 0 Å². The molecule has 1 heterocycles. The molecule has 0 fully saturated rings. The van der Waals surface area contributed by atoms with Crippen molar-refractivity contribution in [3.63, 3.8) is 0 Å². The molecule has 1 aromatic rings. The van der Waals surface area contributed by atoms with Crippen molar-refractivity contribution in [2.24, 2.45) is 0 Å². The smallest absolute Gasteiger partial charge is 0.159 e. The second kappa shape index (κ2) is 4.11. The third-order valence-electron chi connectivity index (χ3n) is 1.33. The average molecular weight is 270 g/mol. The van der Waals surface area contributed by atoms with Crippen molar-refractivity contribution in [2.75, 3.05) is 5.73 Å². The second-order valence-electron chi connectivity index (χ2n) is 3.93. The molecule has 1 rings (SSSR count). The SMILES string of the molecule is C[Si](C)(C)C#Cc1ncc(Br)nc1N. The molecular weight excluding hydrogens is 258 g/mol. The highest BCUT2D eigenvalue weighted by Crippen LogP contribution is 2.09. The number of halogens is 1. The molecule has 1 aromatic heterocycles. The zero-order valence-corrected chi connectivity index (χ0v) is 11.0. The zero-order chi connectivity index (χ0) is 10.8. The third-order valence-corrected chi connectivity index (χ3v) is 2.58. The van der Waals surface area contributed by atoms with Crippen LogP contribution in [0.2, 0.25) is 19.6 Å². The third kappa shape index (κ3) is 3.48. The molecule has 14 heavy (non-hydrogen) atoms. The van der Waals surface area contributed by atoms with Crippen LogP contribution in [0.4, 0.5) is 5.82 Å². The van der Waals surface area contributed by atoms with Crippen LogP contribution in [0.3, 0.4) is 0 Å². The average Bonchev–Trinajstić information content (AvgIpc) is 2.00. The fourth-order valence-corrected chi connectivity index (χ4v) is 1.51. The topological polar surface area (TPSA) is 51.8 Å². The molecule has 0 atom stereocenters. The van der Waals surface area contributed by atoms with Crippen molar-refractivity contribution in [1.82, 2.24) is 9.97 Å². The van der Waals surface area contributed by atoms with Gasteiger partial charge in [0.1, 0.15) is 12.7 Å². The molecule has 2 N–H and O–H groups in total. The minimum absolute atomic E-state index is 0.380. The Balaban J connectivity index is 3.02. The maximum atomic E-state index is 5.66. The Morgan fingerprint density at radius 1 is 1.43 bits per heavy atom. The van der Waals surface area contributed by atoms with Gasteiger partial charge in [0.05, 0.1) is 6.20 Å². The van der Waals surface area contributed by atoms with Gasteiger partial charge < -0.3 is 5.73 Å². The number of nitrogens with zero attached hydrogens (tertiary/aromatic N) is 2. The molecule has 0 bridgehead atoms. The van der Waals surface area contributed by atoms with E-state index < -0.39 is 8.07 Å². The van der Waals surface area contributed by atoms with Gasteiger partial charge in [-0.25, -0.2) is 9.97 Å². The van der Waals surface area contributed by atoms with Crippen LogP contribution in [0.1, 0.15) is 5.69 Å². The molecule has 0 aliphatic carbocycles. The van der Waals surface area contributed by atoms with E-state index in [1.54, 1.807) is 6.20 Å². The van der Waals surface area contributed by atoms with E-state index in [4.69, 9.17) is 5.73 Å². The fourth-order valence-electron chi connectivity index (χ4n) is 0.724. The highest BCUT2D eigenvalue weighted by Gasteiger charge is 2.08. The van der Waals surface area contributed by atoms with Gasteiger partial charge in [-0.3, -0.25) is 0 Å². The maximum Gasteiger partial charge on any atom is 0.159 e. The lowest BCUT2D eigenvalue weighted by molar-refractivity contribution is 1.15. The lowest BCUT2D eigenvalue weighted by atomic mass is 10.4. The van der Waals surface area contributed by atoms with Crippen molar-refractivity contribution in [2.45, 2.75) is 19.6 Å². The van der Waals surface area contributed by atoms with Crippen LogP contribution in [-0.2, 0) is 0 Å². The van der Waals surface area contributed by atoms with Crippen LogP contribution in [0.15, 0.2) is 10.8 Å². The van der Waals surface area contributed by atoms with E-state index in [1.807, 2.05) is 0 Å². The second-order valence-corrected chi connectivity index (χ2v) is 9.49. The highest BCUT2D eigenvalue weighted by molar-refractivity contribution is 9.10. The summed E-state index contributed by atoms with van der Waals surface area (Å²) in [7, 11) is -1.37. The zero-order valence-electron chi connectivity index (χ0n) is 8.43. The highest BCUT2D eigenvalue weighted by atomic mass is 79.9. The number of hydrogen-bond acceptors (Lipinski definition) is 3.